The quantitative estimate of drug-likeness (QED) is 0.747. The van der Waals surface area contributed by atoms with Gasteiger partial charge in [-0.05, 0) is 42.8 Å². The Labute approximate surface area is 151 Å². The van der Waals surface area contributed by atoms with Gasteiger partial charge in [0, 0.05) is 25.2 Å². The van der Waals surface area contributed by atoms with Crippen molar-refractivity contribution in [2.24, 2.45) is 0 Å². The predicted molar refractivity (Wildman–Crippen MR) is 94.8 cm³/mol. The summed E-state index contributed by atoms with van der Waals surface area (Å²) in [5, 5.41) is 3.19. The summed E-state index contributed by atoms with van der Waals surface area (Å²) in [4.78, 5) is 14.5. The van der Waals surface area contributed by atoms with E-state index >= 15 is 0 Å². The Morgan fingerprint density at radius 3 is 2.69 bits per heavy atom. The first-order valence-electron chi connectivity index (χ1n) is 8.30. The highest BCUT2D eigenvalue weighted by atomic mass is 32.3. The molecule has 0 radical (unpaired) electrons. The Kier molecular flexibility index (Phi) is 4.06. The Bertz CT molecular complexity index is 905. The van der Waals surface area contributed by atoms with Gasteiger partial charge in [0.15, 0.2) is 15.3 Å². The van der Waals surface area contributed by atoms with Gasteiger partial charge >= 0.3 is 0 Å². The van der Waals surface area contributed by atoms with Crippen molar-refractivity contribution in [3.63, 3.8) is 0 Å². The fraction of sp³-hybridized carbons (Fsp3) is 0.278. The molecule has 8 heteroatoms. The van der Waals surface area contributed by atoms with Crippen LogP contribution in [0.1, 0.15) is 16.8 Å². The van der Waals surface area contributed by atoms with E-state index in [4.69, 9.17) is 0 Å². The Morgan fingerprint density at radius 1 is 1.19 bits per heavy atom. The molecule has 2 aromatic carbocycles. The summed E-state index contributed by atoms with van der Waals surface area (Å²) in [6, 6.07) is 12.1. The largest absolute Gasteiger partial charge is 0.593 e. The van der Waals surface area contributed by atoms with Gasteiger partial charge in [0.1, 0.15) is 5.82 Å². The number of nitrogens with zero attached hydrogens (tertiary/aromatic N) is 1. The zero-order valence-corrected chi connectivity index (χ0v) is 14.7. The third-order valence-electron chi connectivity index (χ3n) is 4.88. The molecule has 2 aliphatic heterocycles. The minimum Gasteiger partial charge on any atom is -0.593 e. The van der Waals surface area contributed by atoms with Gasteiger partial charge in [0.2, 0.25) is 0 Å². The lowest BCUT2D eigenvalue weighted by molar-refractivity contribution is 0.0783. The Hall–Kier alpha value is -2.29. The second-order valence-electron chi connectivity index (χ2n) is 6.72. The molecule has 0 bridgehead atoms. The van der Waals surface area contributed by atoms with Crippen LogP contribution in [-0.4, -0.2) is 40.5 Å². The summed E-state index contributed by atoms with van der Waals surface area (Å²) in [5.41, 5.74) is 0.171. The minimum atomic E-state index is -3.69. The SMILES string of the molecule is O=C(c1ccc(F)cc1)N1CCC2(CNc3ccccc3[S+](=O)([O-])N2)C1. The van der Waals surface area contributed by atoms with Gasteiger partial charge in [-0.25, -0.2) is 4.39 Å². The average molecular weight is 375 g/mol. The van der Waals surface area contributed by atoms with Crippen molar-refractivity contribution in [1.82, 2.24) is 9.62 Å². The van der Waals surface area contributed by atoms with Gasteiger partial charge in [-0.1, -0.05) is 16.3 Å². The fourth-order valence-electron chi connectivity index (χ4n) is 3.54. The van der Waals surface area contributed by atoms with E-state index in [0.29, 0.717) is 30.8 Å². The molecule has 1 spiro atoms. The molecular formula is C18H18FN3O3S. The van der Waals surface area contributed by atoms with E-state index in [2.05, 4.69) is 10.0 Å². The lowest BCUT2D eigenvalue weighted by Gasteiger charge is -2.29. The molecule has 4 rings (SSSR count). The van der Waals surface area contributed by atoms with Gasteiger partial charge in [-0.2, -0.15) is 0 Å². The zero-order valence-electron chi connectivity index (χ0n) is 13.9. The molecule has 2 unspecified atom stereocenters. The monoisotopic (exact) mass is 375 g/mol. The number of hydrogen-bond donors (Lipinski definition) is 2. The first-order valence-corrected chi connectivity index (χ1v) is 9.79. The van der Waals surface area contributed by atoms with Gasteiger partial charge in [-0.15, -0.1) is 4.72 Å². The van der Waals surface area contributed by atoms with Crippen LogP contribution in [0.25, 0.3) is 0 Å². The van der Waals surface area contributed by atoms with Gasteiger partial charge in [0.25, 0.3) is 5.91 Å². The summed E-state index contributed by atoms with van der Waals surface area (Å²) in [7, 11) is -3.69. The summed E-state index contributed by atoms with van der Waals surface area (Å²) < 4.78 is 41.3. The van der Waals surface area contributed by atoms with Crippen LogP contribution < -0.4 is 10.0 Å². The first kappa shape index (κ1) is 17.1. The lowest BCUT2D eigenvalue weighted by Crippen LogP contribution is -2.55. The number of rotatable bonds is 1. The number of amides is 1. The number of halogens is 1. The molecule has 6 nitrogen and oxygen atoms in total. The lowest BCUT2D eigenvalue weighted by atomic mass is 10.00. The smallest absolute Gasteiger partial charge is 0.253 e. The van der Waals surface area contributed by atoms with Crippen molar-refractivity contribution in [3.05, 3.63) is 59.9 Å². The molecule has 1 fully saturated rings. The zero-order chi connectivity index (χ0) is 18.4. The van der Waals surface area contributed by atoms with Crippen LogP contribution in [0.15, 0.2) is 53.4 Å². The average Bonchev–Trinajstić information content (AvgIpc) is 2.99. The number of likely N-dealkylation sites (tertiary alicyclic amines) is 1. The van der Waals surface area contributed by atoms with E-state index in [-0.39, 0.29) is 17.3 Å². The molecule has 0 aromatic heterocycles. The number of benzene rings is 2. The Balaban J connectivity index is 1.57. The highest BCUT2D eigenvalue weighted by Crippen LogP contribution is 2.33. The van der Waals surface area contributed by atoms with E-state index < -0.39 is 21.8 Å². The number of para-hydroxylation sites is 1. The number of hydrogen-bond acceptors (Lipinski definition) is 4. The highest BCUT2D eigenvalue weighted by Gasteiger charge is 2.47. The molecule has 2 atom stereocenters. The summed E-state index contributed by atoms with van der Waals surface area (Å²) in [5.74, 6) is -0.638. The van der Waals surface area contributed by atoms with Crippen molar-refractivity contribution in [2.45, 2.75) is 16.9 Å². The molecular weight excluding hydrogens is 357 g/mol. The molecule has 2 aliphatic rings. The van der Waals surface area contributed by atoms with E-state index in [0.717, 1.165) is 0 Å². The van der Waals surface area contributed by atoms with Gasteiger partial charge in [-0.3, -0.25) is 4.79 Å². The standard InChI is InChI=1S/C18H18FN3O3S/c19-14-7-5-13(6-8-14)17(23)22-10-9-18(12-22)11-20-15-3-1-2-4-16(15)26(24,25)21-18/h1-8H,9-12H2,(H2-,20,21,24,25). The number of nitrogens with one attached hydrogen (secondary N) is 2. The fourth-order valence-corrected chi connectivity index (χ4v) is 5.14. The van der Waals surface area contributed by atoms with E-state index in [1.54, 1.807) is 29.2 Å². The number of carbonyl (C=O) groups excluding carboxylic acids is 1. The van der Waals surface area contributed by atoms with E-state index in [9.17, 15) is 17.9 Å². The maximum absolute atomic E-state index is 13.1. The van der Waals surface area contributed by atoms with Crippen LogP contribution in [-0.2, 0) is 14.6 Å². The molecule has 136 valence electrons. The number of fused-ring (bicyclic) bond motifs is 1. The van der Waals surface area contributed by atoms with Crippen LogP contribution >= 0.6 is 0 Å². The van der Waals surface area contributed by atoms with E-state index in [1.165, 1.54) is 24.3 Å². The van der Waals surface area contributed by atoms with Crippen LogP contribution in [0.5, 0.6) is 0 Å². The molecule has 26 heavy (non-hydrogen) atoms. The van der Waals surface area contributed by atoms with Gasteiger partial charge in [0.05, 0.1) is 11.2 Å². The number of anilines is 1. The maximum Gasteiger partial charge on any atom is 0.253 e. The second-order valence-corrected chi connectivity index (χ2v) is 8.37. The summed E-state index contributed by atoms with van der Waals surface area (Å²) in [6.07, 6.45) is 0.500. The predicted octanol–water partition coefficient (Wildman–Crippen LogP) is 2.03. The van der Waals surface area contributed by atoms with Crippen molar-refractivity contribution < 1.29 is 17.9 Å². The third kappa shape index (κ3) is 3.00. The van der Waals surface area contributed by atoms with Crippen molar-refractivity contribution in [1.29, 1.82) is 0 Å². The minimum absolute atomic E-state index is 0.209. The molecule has 2 aromatic rings. The van der Waals surface area contributed by atoms with Crippen LogP contribution in [0.4, 0.5) is 10.1 Å². The molecule has 0 aliphatic carbocycles. The number of sulfonamides is 1. The Morgan fingerprint density at radius 2 is 1.92 bits per heavy atom. The van der Waals surface area contributed by atoms with Crippen LogP contribution in [0.3, 0.4) is 0 Å². The molecule has 2 heterocycles. The van der Waals surface area contributed by atoms with Crippen molar-refractivity contribution in [2.75, 3.05) is 25.0 Å². The van der Waals surface area contributed by atoms with Crippen molar-refractivity contribution in [3.8, 4) is 0 Å². The molecule has 0 saturated carbocycles. The van der Waals surface area contributed by atoms with Crippen LogP contribution in [0, 0.1) is 5.82 Å². The van der Waals surface area contributed by atoms with Gasteiger partial charge < -0.3 is 14.8 Å². The normalized spacial score (nSPS) is 27.7. The second kappa shape index (κ2) is 6.15. The van der Waals surface area contributed by atoms with Crippen LogP contribution in [0.2, 0.25) is 0 Å². The molecule has 1 saturated heterocycles. The summed E-state index contributed by atoms with van der Waals surface area (Å²) in [6.45, 7) is 1.07. The van der Waals surface area contributed by atoms with E-state index in [1.807, 2.05) is 0 Å². The summed E-state index contributed by atoms with van der Waals surface area (Å²) >= 11 is 0. The highest BCUT2D eigenvalue weighted by molar-refractivity contribution is 7.96. The van der Waals surface area contributed by atoms with Crippen molar-refractivity contribution >= 4 is 22.0 Å². The third-order valence-corrected chi connectivity index (χ3v) is 6.51. The first-order chi connectivity index (χ1) is 12.4. The maximum atomic E-state index is 13.1. The molecule has 1 amide bonds. The number of carbonyl (C=O) groups is 1. The topological polar surface area (TPSA) is 84.5 Å². The molecule has 2 N–H and O–H groups in total.